The molecule has 2 heterocycles. The van der Waals surface area contributed by atoms with Crippen LogP contribution in [-0.2, 0) is 0 Å². The molecule has 0 radical (unpaired) electrons. The second-order valence-corrected chi connectivity index (χ2v) is 6.43. The van der Waals surface area contributed by atoms with E-state index in [2.05, 4.69) is 15.6 Å². The fourth-order valence-corrected chi connectivity index (χ4v) is 3.01. The van der Waals surface area contributed by atoms with E-state index < -0.39 is 11.7 Å². The van der Waals surface area contributed by atoms with Crippen LogP contribution >= 0.6 is 0 Å². The van der Waals surface area contributed by atoms with Crippen molar-refractivity contribution >= 4 is 22.7 Å². The lowest BCUT2D eigenvalue weighted by molar-refractivity contribution is 0.0997. The van der Waals surface area contributed by atoms with E-state index in [9.17, 15) is 9.18 Å². The van der Waals surface area contributed by atoms with Gasteiger partial charge in [0.25, 0.3) is 5.91 Å². The lowest BCUT2D eigenvalue weighted by Crippen LogP contribution is -2.13. The molecule has 4 aromatic rings. The first-order valence-electron chi connectivity index (χ1n) is 8.34. The third-order valence-electron chi connectivity index (χ3n) is 4.47. The molecular formula is C20H16FN3O3. The number of hydrogen-bond acceptors (Lipinski definition) is 5. The van der Waals surface area contributed by atoms with Gasteiger partial charge in [-0.3, -0.25) is 10.1 Å². The van der Waals surface area contributed by atoms with Gasteiger partial charge < -0.3 is 4.42 Å². The molecule has 1 amide bonds. The van der Waals surface area contributed by atoms with Gasteiger partial charge in [-0.05, 0) is 60.9 Å². The zero-order chi connectivity index (χ0) is 19.1. The van der Waals surface area contributed by atoms with Gasteiger partial charge >= 0.3 is 0 Å². The maximum atomic E-state index is 13.5. The zero-order valence-electron chi connectivity index (χ0n) is 15.0. The third-order valence-corrected chi connectivity index (χ3v) is 4.47. The number of hydrogen-bond donors (Lipinski definition) is 1. The summed E-state index contributed by atoms with van der Waals surface area (Å²) >= 11 is 0. The molecule has 0 saturated carbocycles. The Morgan fingerprint density at radius 2 is 1.89 bits per heavy atom. The minimum atomic E-state index is -0.508. The summed E-state index contributed by atoms with van der Waals surface area (Å²) in [6.45, 7) is 5.60. The first kappa shape index (κ1) is 17.0. The van der Waals surface area contributed by atoms with Crippen molar-refractivity contribution in [1.82, 2.24) is 10.3 Å². The van der Waals surface area contributed by atoms with Crippen LogP contribution in [0, 0.1) is 26.6 Å². The molecule has 0 aliphatic carbocycles. The average molecular weight is 365 g/mol. The Hall–Kier alpha value is -3.48. The van der Waals surface area contributed by atoms with Crippen molar-refractivity contribution < 1.29 is 18.2 Å². The summed E-state index contributed by atoms with van der Waals surface area (Å²) < 4.78 is 23.9. The number of fused-ring (bicyclic) bond motifs is 1. The molecule has 0 fully saturated rings. The van der Waals surface area contributed by atoms with Crippen LogP contribution in [0.5, 0.6) is 0 Å². The number of aromatic nitrogens is 2. The topological polar surface area (TPSA) is 81.2 Å². The Morgan fingerprint density at radius 1 is 1.07 bits per heavy atom. The predicted molar refractivity (Wildman–Crippen MR) is 98.1 cm³/mol. The normalized spacial score (nSPS) is 11.1. The molecule has 27 heavy (non-hydrogen) atoms. The average Bonchev–Trinajstić information content (AvgIpc) is 3.22. The number of rotatable bonds is 3. The van der Waals surface area contributed by atoms with E-state index in [0.29, 0.717) is 22.2 Å². The van der Waals surface area contributed by atoms with Crippen LogP contribution in [0.4, 0.5) is 10.2 Å². The summed E-state index contributed by atoms with van der Waals surface area (Å²) in [5.41, 5.74) is 4.26. The van der Waals surface area contributed by atoms with Gasteiger partial charge in [-0.1, -0.05) is 17.7 Å². The van der Waals surface area contributed by atoms with Crippen LogP contribution in [0.15, 0.2) is 45.4 Å². The van der Waals surface area contributed by atoms with Gasteiger partial charge in [0.2, 0.25) is 5.82 Å². The van der Waals surface area contributed by atoms with Crippen molar-refractivity contribution in [3.63, 3.8) is 0 Å². The SMILES string of the molecule is Cc1ccc(C)c(-c2nonc2NC(=O)c2oc3ccc(F)cc3c2C)c1. The van der Waals surface area contributed by atoms with Crippen LogP contribution in [0.1, 0.15) is 27.2 Å². The number of carbonyl (C=O) groups is 1. The van der Waals surface area contributed by atoms with E-state index in [-0.39, 0.29) is 11.6 Å². The molecule has 6 nitrogen and oxygen atoms in total. The smallest absolute Gasteiger partial charge is 0.292 e. The number of anilines is 1. The molecule has 0 unspecified atom stereocenters. The fraction of sp³-hybridized carbons (Fsp3) is 0.150. The minimum Gasteiger partial charge on any atom is -0.451 e. The van der Waals surface area contributed by atoms with Gasteiger partial charge in [-0.25, -0.2) is 9.02 Å². The molecule has 7 heteroatoms. The maximum Gasteiger partial charge on any atom is 0.292 e. The highest BCUT2D eigenvalue weighted by molar-refractivity contribution is 6.07. The van der Waals surface area contributed by atoms with Crippen LogP contribution in [0.25, 0.3) is 22.2 Å². The quantitative estimate of drug-likeness (QED) is 0.564. The standard InChI is InChI=1S/C20H16FN3O3/c1-10-4-5-11(2)14(8-10)17-19(24-27-23-17)22-20(25)18-12(3)15-9-13(21)6-7-16(15)26-18/h4-9H,1-3H3,(H,22,24,25). The number of halogens is 1. The number of carbonyl (C=O) groups excluding carboxylic acids is 1. The Kier molecular flexibility index (Phi) is 3.99. The second kappa shape index (κ2) is 6.35. The number of benzene rings is 2. The van der Waals surface area contributed by atoms with Gasteiger partial charge in [-0.15, -0.1) is 0 Å². The van der Waals surface area contributed by atoms with Gasteiger partial charge in [0.05, 0.1) is 0 Å². The van der Waals surface area contributed by atoms with E-state index in [0.717, 1.165) is 16.7 Å². The molecule has 0 spiro atoms. The summed E-state index contributed by atoms with van der Waals surface area (Å²) in [5, 5.41) is 11.0. The van der Waals surface area contributed by atoms with Gasteiger partial charge in [0.1, 0.15) is 11.4 Å². The summed E-state index contributed by atoms with van der Waals surface area (Å²) in [6, 6.07) is 10.0. The highest BCUT2D eigenvalue weighted by Gasteiger charge is 2.22. The number of nitrogens with one attached hydrogen (secondary N) is 1. The molecule has 0 atom stereocenters. The van der Waals surface area contributed by atoms with Gasteiger partial charge in [0, 0.05) is 16.5 Å². The summed E-state index contributed by atoms with van der Waals surface area (Å²) in [7, 11) is 0. The summed E-state index contributed by atoms with van der Waals surface area (Å²) in [6.07, 6.45) is 0. The molecule has 1 N–H and O–H groups in total. The summed E-state index contributed by atoms with van der Waals surface area (Å²) in [5.74, 6) is -0.618. The Labute approximate surface area is 153 Å². The Bertz CT molecular complexity index is 1180. The molecule has 0 saturated heterocycles. The fourth-order valence-electron chi connectivity index (χ4n) is 3.01. The van der Waals surface area contributed by atoms with Crippen molar-refractivity contribution in [2.75, 3.05) is 5.32 Å². The third kappa shape index (κ3) is 2.97. The molecular weight excluding hydrogens is 349 g/mol. The number of nitrogens with zero attached hydrogens (tertiary/aromatic N) is 2. The number of amides is 1. The van der Waals surface area contributed by atoms with Crippen LogP contribution in [0.3, 0.4) is 0 Å². The van der Waals surface area contributed by atoms with Crippen LogP contribution in [0.2, 0.25) is 0 Å². The van der Waals surface area contributed by atoms with Gasteiger partial charge in [-0.2, -0.15) is 0 Å². The molecule has 0 bridgehead atoms. The second-order valence-electron chi connectivity index (χ2n) is 6.43. The molecule has 4 rings (SSSR count). The molecule has 2 aromatic heterocycles. The van der Waals surface area contributed by atoms with Crippen LogP contribution < -0.4 is 5.32 Å². The highest BCUT2D eigenvalue weighted by Crippen LogP contribution is 2.30. The lowest BCUT2D eigenvalue weighted by atomic mass is 10.0. The van der Waals surface area contributed by atoms with E-state index >= 15 is 0 Å². The maximum absolute atomic E-state index is 13.5. The lowest BCUT2D eigenvalue weighted by Gasteiger charge is -2.06. The van der Waals surface area contributed by atoms with E-state index in [1.54, 1.807) is 6.92 Å². The van der Waals surface area contributed by atoms with Crippen molar-refractivity contribution in [3.05, 3.63) is 64.7 Å². The Balaban J connectivity index is 1.70. The molecule has 0 aliphatic heterocycles. The molecule has 0 aliphatic rings. The first-order valence-corrected chi connectivity index (χ1v) is 8.34. The van der Waals surface area contributed by atoms with Crippen molar-refractivity contribution in [2.45, 2.75) is 20.8 Å². The predicted octanol–water partition coefficient (Wildman–Crippen LogP) is 4.80. The monoisotopic (exact) mass is 365 g/mol. The van der Waals surface area contributed by atoms with E-state index in [1.807, 2.05) is 32.0 Å². The first-order chi connectivity index (χ1) is 12.9. The Morgan fingerprint density at radius 3 is 2.70 bits per heavy atom. The zero-order valence-corrected chi connectivity index (χ0v) is 15.0. The highest BCUT2D eigenvalue weighted by atomic mass is 19.1. The molecule has 136 valence electrons. The van der Waals surface area contributed by atoms with Crippen molar-refractivity contribution in [1.29, 1.82) is 0 Å². The van der Waals surface area contributed by atoms with Crippen molar-refractivity contribution in [2.24, 2.45) is 0 Å². The van der Waals surface area contributed by atoms with E-state index in [1.165, 1.54) is 18.2 Å². The summed E-state index contributed by atoms with van der Waals surface area (Å²) in [4.78, 5) is 12.7. The largest absolute Gasteiger partial charge is 0.451 e. The van der Waals surface area contributed by atoms with Gasteiger partial charge in [0.15, 0.2) is 11.5 Å². The number of furan rings is 1. The van der Waals surface area contributed by atoms with Crippen LogP contribution in [-0.4, -0.2) is 16.2 Å². The van der Waals surface area contributed by atoms with E-state index in [4.69, 9.17) is 9.05 Å². The molecule has 2 aromatic carbocycles. The van der Waals surface area contributed by atoms with Crippen molar-refractivity contribution in [3.8, 4) is 11.3 Å². The minimum absolute atomic E-state index is 0.0884. The number of aryl methyl sites for hydroxylation is 3.